The number of benzene rings is 2. The third-order valence-electron chi connectivity index (χ3n) is 5.20. The summed E-state index contributed by atoms with van der Waals surface area (Å²) in [6.45, 7) is 8.24. The second-order valence-corrected chi connectivity index (χ2v) is 6.56. The highest BCUT2D eigenvalue weighted by molar-refractivity contribution is 6.07. The third-order valence-corrected chi connectivity index (χ3v) is 5.20. The second kappa shape index (κ2) is 4.72. The maximum absolute atomic E-state index is 9.48. The molecular formula is C21H10N5O+. The lowest BCUT2D eigenvalue weighted by Crippen LogP contribution is -2.36. The van der Waals surface area contributed by atoms with Gasteiger partial charge >= 0.3 is 0 Å². The molecule has 0 unspecified atom stereocenters. The van der Waals surface area contributed by atoms with E-state index in [9.17, 15) is 5.26 Å². The van der Waals surface area contributed by atoms with Crippen LogP contribution in [0.3, 0.4) is 0 Å². The van der Waals surface area contributed by atoms with Crippen molar-refractivity contribution in [3.05, 3.63) is 71.3 Å². The van der Waals surface area contributed by atoms with Gasteiger partial charge in [-0.3, -0.25) is 0 Å². The Labute approximate surface area is 152 Å². The molecule has 2 aromatic carbocycles. The average molecular weight is 348 g/mol. The number of nitrogens with zero attached hydrogens (tertiary/aromatic N) is 5. The Kier molecular flexibility index (Phi) is 2.46. The van der Waals surface area contributed by atoms with Gasteiger partial charge in [-0.25, -0.2) is 9.83 Å². The normalized spacial score (nSPS) is 12.2. The fourth-order valence-electron chi connectivity index (χ4n) is 4.06. The molecule has 0 spiro atoms. The second-order valence-electron chi connectivity index (χ2n) is 6.56. The molecule has 0 amide bonds. The molecule has 124 valence electrons. The highest BCUT2D eigenvalue weighted by atomic mass is 16.3. The summed E-state index contributed by atoms with van der Waals surface area (Å²) in [7, 11) is 0. The lowest BCUT2D eigenvalue weighted by Gasteiger charge is -2.01. The number of pyridine rings is 1. The molecule has 6 nitrogen and oxygen atoms in total. The topological polar surface area (TPSA) is 63.0 Å². The van der Waals surface area contributed by atoms with Gasteiger partial charge in [-0.2, -0.15) is 5.26 Å². The van der Waals surface area contributed by atoms with Crippen molar-refractivity contribution in [2.45, 2.75) is 6.54 Å². The van der Waals surface area contributed by atoms with Gasteiger partial charge in [-0.1, -0.05) is 12.1 Å². The van der Waals surface area contributed by atoms with Gasteiger partial charge in [0.05, 0.1) is 29.2 Å². The van der Waals surface area contributed by atoms with E-state index in [0.717, 1.165) is 38.5 Å². The molecule has 0 fully saturated rings. The van der Waals surface area contributed by atoms with Gasteiger partial charge in [0, 0.05) is 17.0 Å². The minimum Gasteiger partial charge on any atom is -0.435 e. The number of aromatic nitrogens is 3. The van der Waals surface area contributed by atoms with Gasteiger partial charge in [-0.15, -0.1) is 9.36 Å². The number of fused-ring (bicyclic) bond motifs is 9. The van der Waals surface area contributed by atoms with Crippen LogP contribution in [0.5, 0.6) is 0 Å². The monoisotopic (exact) mass is 348 g/mol. The number of hydrogen-bond donors (Lipinski definition) is 0. The number of rotatable bonds is 0. The molecule has 0 aliphatic carbocycles. The lowest BCUT2D eigenvalue weighted by atomic mass is 10.1. The number of nitriles is 1. The SMILES string of the molecule is [C-]#[N+]c1ccc(C#N)c2c[n+]3n(c12)-c1c(ccc2c1oc1ncccc12)C3. The first-order valence-electron chi connectivity index (χ1n) is 8.45. The van der Waals surface area contributed by atoms with Crippen LogP contribution in [0, 0.1) is 17.9 Å². The van der Waals surface area contributed by atoms with Crippen molar-refractivity contribution in [2.24, 2.45) is 0 Å². The maximum Gasteiger partial charge on any atom is 0.227 e. The van der Waals surface area contributed by atoms with Crippen LogP contribution in [0.1, 0.15) is 11.1 Å². The molecule has 6 heteroatoms. The van der Waals surface area contributed by atoms with Gasteiger partial charge in [0.2, 0.25) is 17.6 Å². The maximum atomic E-state index is 9.48. The highest BCUT2D eigenvalue weighted by Gasteiger charge is 2.33. The molecule has 0 saturated heterocycles. The lowest BCUT2D eigenvalue weighted by molar-refractivity contribution is -0.749. The molecule has 1 aliphatic rings. The number of furan rings is 1. The molecule has 0 atom stereocenters. The van der Waals surface area contributed by atoms with Crippen molar-refractivity contribution in [1.82, 2.24) is 9.67 Å². The van der Waals surface area contributed by atoms with Crippen LogP contribution < -0.4 is 4.68 Å². The first kappa shape index (κ1) is 14.1. The summed E-state index contributed by atoms with van der Waals surface area (Å²) in [5.74, 6) is 0. The van der Waals surface area contributed by atoms with Gasteiger partial charge in [0.1, 0.15) is 5.52 Å². The molecule has 1 aliphatic heterocycles. The minimum atomic E-state index is 0.516. The van der Waals surface area contributed by atoms with Crippen molar-refractivity contribution in [3.63, 3.8) is 0 Å². The molecule has 0 N–H and O–H groups in total. The highest BCUT2D eigenvalue weighted by Crippen LogP contribution is 2.39. The molecule has 5 aromatic rings. The van der Waals surface area contributed by atoms with E-state index in [4.69, 9.17) is 11.0 Å². The Bertz CT molecular complexity index is 1520. The first-order valence-corrected chi connectivity index (χ1v) is 8.45. The zero-order valence-electron chi connectivity index (χ0n) is 14.0. The van der Waals surface area contributed by atoms with Crippen molar-refractivity contribution < 1.29 is 9.10 Å². The summed E-state index contributed by atoms with van der Waals surface area (Å²) >= 11 is 0. The van der Waals surface area contributed by atoms with Crippen LogP contribution in [-0.4, -0.2) is 9.67 Å². The summed E-state index contributed by atoms with van der Waals surface area (Å²) < 4.78 is 10.1. The fraction of sp³-hybridized carbons (Fsp3) is 0.0476. The molecule has 0 radical (unpaired) electrons. The summed E-state index contributed by atoms with van der Waals surface area (Å²) in [5.41, 5.74) is 5.20. The van der Waals surface area contributed by atoms with Crippen LogP contribution in [0.2, 0.25) is 0 Å². The van der Waals surface area contributed by atoms with E-state index in [1.54, 1.807) is 18.3 Å². The quantitative estimate of drug-likeness (QED) is 0.308. The Morgan fingerprint density at radius 2 is 2.11 bits per heavy atom. The Morgan fingerprint density at radius 3 is 2.96 bits per heavy atom. The summed E-state index contributed by atoms with van der Waals surface area (Å²) in [5, 5.41) is 12.2. The van der Waals surface area contributed by atoms with E-state index in [1.807, 2.05) is 27.7 Å². The van der Waals surface area contributed by atoms with Crippen LogP contribution in [0.15, 0.2) is 53.2 Å². The van der Waals surface area contributed by atoms with E-state index in [1.165, 1.54) is 0 Å². The standard InChI is InChI=1S/C21H10N5O/c1-23-17-7-5-12(9-22)16-11-25-10-13-4-6-14-15-3-2-8-24-21(15)27-20(14)18(13)26(25)19(16)17/h2-8,11H,10H2/q+1. The first-order chi connectivity index (χ1) is 13.3. The van der Waals surface area contributed by atoms with Gasteiger partial charge in [-0.05, 0) is 24.3 Å². The molecule has 0 saturated carbocycles. The van der Waals surface area contributed by atoms with E-state index in [2.05, 4.69) is 28.0 Å². The summed E-state index contributed by atoms with van der Waals surface area (Å²) in [6.07, 6.45) is 3.65. The van der Waals surface area contributed by atoms with Crippen molar-refractivity contribution in [3.8, 4) is 11.8 Å². The molecule has 4 heterocycles. The predicted octanol–water partition coefficient (Wildman–Crippen LogP) is 4.00. The Hall–Kier alpha value is -4.16. The van der Waals surface area contributed by atoms with Crippen LogP contribution in [0.4, 0.5) is 5.69 Å². The number of hydrogen-bond acceptors (Lipinski definition) is 3. The third kappa shape index (κ3) is 1.62. The van der Waals surface area contributed by atoms with Gasteiger partial charge < -0.3 is 4.42 Å². The fourth-order valence-corrected chi connectivity index (χ4v) is 4.06. The molecule has 0 bridgehead atoms. The molecule has 3 aromatic heterocycles. The van der Waals surface area contributed by atoms with Crippen LogP contribution >= 0.6 is 0 Å². The smallest absolute Gasteiger partial charge is 0.227 e. The molecule has 6 rings (SSSR count). The van der Waals surface area contributed by atoms with Crippen LogP contribution in [-0.2, 0) is 6.54 Å². The zero-order valence-corrected chi connectivity index (χ0v) is 14.0. The van der Waals surface area contributed by atoms with Crippen molar-refractivity contribution in [1.29, 1.82) is 5.26 Å². The summed E-state index contributed by atoms with van der Waals surface area (Å²) in [6, 6.07) is 13.7. The predicted molar refractivity (Wildman–Crippen MR) is 98.6 cm³/mol. The van der Waals surface area contributed by atoms with E-state index in [-0.39, 0.29) is 0 Å². The Morgan fingerprint density at radius 1 is 1.19 bits per heavy atom. The van der Waals surface area contributed by atoms with E-state index < -0.39 is 0 Å². The zero-order chi connectivity index (χ0) is 18.1. The van der Waals surface area contributed by atoms with Gasteiger partial charge in [0.15, 0.2) is 17.8 Å². The molecular weight excluding hydrogens is 338 g/mol. The average Bonchev–Trinajstić information content (AvgIpc) is 3.35. The van der Waals surface area contributed by atoms with Gasteiger partial charge in [0.25, 0.3) is 0 Å². The van der Waals surface area contributed by atoms with Crippen LogP contribution in [0.25, 0.3) is 43.5 Å². The van der Waals surface area contributed by atoms with E-state index in [0.29, 0.717) is 23.5 Å². The Balaban J connectivity index is 1.83. The molecule has 27 heavy (non-hydrogen) atoms. The van der Waals surface area contributed by atoms with Crippen molar-refractivity contribution >= 4 is 38.7 Å². The summed E-state index contributed by atoms with van der Waals surface area (Å²) in [4.78, 5) is 8.02. The van der Waals surface area contributed by atoms with Crippen molar-refractivity contribution in [2.75, 3.05) is 0 Å². The minimum absolute atomic E-state index is 0.516. The van der Waals surface area contributed by atoms with E-state index >= 15 is 0 Å². The largest absolute Gasteiger partial charge is 0.435 e.